The van der Waals surface area contributed by atoms with Crippen molar-refractivity contribution in [3.8, 4) is 0 Å². The summed E-state index contributed by atoms with van der Waals surface area (Å²) in [7, 11) is 0. The molecule has 0 aliphatic rings. The lowest BCUT2D eigenvalue weighted by Crippen LogP contribution is -2.45. The van der Waals surface area contributed by atoms with Gasteiger partial charge in [0.05, 0.1) is 10.7 Å². The van der Waals surface area contributed by atoms with Gasteiger partial charge in [0.2, 0.25) is 0 Å². The summed E-state index contributed by atoms with van der Waals surface area (Å²) in [5.41, 5.74) is 0.842. The molecule has 0 aromatic carbocycles. The highest BCUT2D eigenvalue weighted by Crippen LogP contribution is 2.12. The van der Waals surface area contributed by atoms with Crippen LogP contribution in [0.1, 0.15) is 17.6 Å². The second-order valence-corrected chi connectivity index (χ2v) is 5.14. The Balaban J connectivity index is 2.47. The first-order valence-corrected chi connectivity index (χ1v) is 6.32. The predicted molar refractivity (Wildman–Crippen MR) is 63.5 cm³/mol. The number of nitrogens with one attached hydrogen (secondary N) is 1. The lowest BCUT2D eigenvalue weighted by molar-refractivity contribution is 0.432. The molecule has 0 aliphatic carbocycles. The van der Waals surface area contributed by atoms with E-state index in [0.29, 0.717) is 11.8 Å². The molecule has 0 radical (unpaired) electrons. The molecule has 0 saturated heterocycles. The van der Waals surface area contributed by atoms with Crippen LogP contribution in [0.5, 0.6) is 0 Å². The first kappa shape index (κ1) is 12.2. The molecular formula is C9H14Cl2N2S. The van der Waals surface area contributed by atoms with Crippen molar-refractivity contribution in [2.45, 2.75) is 25.9 Å². The van der Waals surface area contributed by atoms with Gasteiger partial charge in [-0.25, -0.2) is 4.98 Å². The quantitative estimate of drug-likeness (QED) is 0.816. The predicted octanol–water partition coefficient (Wildman–Crippen LogP) is 2.78. The first-order valence-electron chi connectivity index (χ1n) is 4.37. The molecule has 0 bridgehead atoms. The third kappa shape index (κ3) is 3.39. The summed E-state index contributed by atoms with van der Waals surface area (Å²) in [6.07, 6.45) is 0. The maximum atomic E-state index is 5.82. The van der Waals surface area contributed by atoms with E-state index < -0.39 is 0 Å². The Morgan fingerprint density at radius 3 is 2.57 bits per heavy atom. The minimum atomic E-state index is -0.208. The second kappa shape index (κ2) is 5.31. The minimum Gasteiger partial charge on any atom is -0.304 e. The van der Waals surface area contributed by atoms with Crippen LogP contribution in [0.4, 0.5) is 0 Å². The topological polar surface area (TPSA) is 24.9 Å². The van der Waals surface area contributed by atoms with Crippen LogP contribution >= 0.6 is 34.5 Å². The van der Waals surface area contributed by atoms with E-state index in [2.05, 4.69) is 10.3 Å². The zero-order valence-electron chi connectivity index (χ0n) is 8.31. The van der Waals surface area contributed by atoms with Gasteiger partial charge in [0.1, 0.15) is 0 Å². The van der Waals surface area contributed by atoms with Crippen molar-refractivity contribution in [3.05, 3.63) is 16.1 Å². The van der Waals surface area contributed by atoms with Gasteiger partial charge in [-0.3, -0.25) is 0 Å². The number of aryl methyl sites for hydroxylation is 1. The summed E-state index contributed by atoms with van der Waals surface area (Å²) in [5, 5.41) is 6.44. The van der Waals surface area contributed by atoms with Crippen molar-refractivity contribution in [1.82, 2.24) is 10.3 Å². The molecule has 0 atom stereocenters. The highest BCUT2D eigenvalue weighted by Gasteiger charge is 2.21. The molecule has 1 rings (SSSR count). The van der Waals surface area contributed by atoms with Crippen LogP contribution in [0.25, 0.3) is 0 Å². The van der Waals surface area contributed by atoms with Gasteiger partial charge in [0.25, 0.3) is 0 Å². The Morgan fingerprint density at radius 1 is 1.50 bits per heavy atom. The van der Waals surface area contributed by atoms with Gasteiger partial charge in [-0.15, -0.1) is 34.5 Å². The number of nitrogens with zero attached hydrogens (tertiary/aromatic N) is 1. The summed E-state index contributed by atoms with van der Waals surface area (Å²) in [6, 6.07) is 0. The van der Waals surface area contributed by atoms with Crippen LogP contribution in [-0.2, 0) is 6.54 Å². The largest absolute Gasteiger partial charge is 0.304 e. The molecular weight excluding hydrogens is 239 g/mol. The Labute approximate surface area is 98.6 Å². The van der Waals surface area contributed by atoms with E-state index in [0.717, 1.165) is 17.2 Å². The summed E-state index contributed by atoms with van der Waals surface area (Å²) >= 11 is 13.3. The van der Waals surface area contributed by atoms with Crippen molar-refractivity contribution in [2.24, 2.45) is 0 Å². The molecule has 5 heteroatoms. The fourth-order valence-corrected chi connectivity index (χ4v) is 2.01. The Kier molecular flexibility index (Phi) is 4.64. The average molecular weight is 253 g/mol. The van der Waals surface area contributed by atoms with E-state index in [1.165, 1.54) is 0 Å². The second-order valence-electron chi connectivity index (χ2n) is 3.54. The molecule has 80 valence electrons. The molecule has 1 N–H and O–H groups in total. The van der Waals surface area contributed by atoms with E-state index in [-0.39, 0.29) is 5.54 Å². The summed E-state index contributed by atoms with van der Waals surface area (Å²) in [6.45, 7) is 4.73. The summed E-state index contributed by atoms with van der Waals surface area (Å²) in [4.78, 5) is 4.35. The fraction of sp³-hybridized carbons (Fsp3) is 0.667. The molecule has 1 aromatic heterocycles. The standard InChI is InChI=1S/C9H14Cl2N2S/c1-7-13-8(4-14-7)3-12-9(2,5-10)6-11/h4,12H,3,5-6H2,1-2H3. The number of rotatable bonds is 5. The summed E-state index contributed by atoms with van der Waals surface area (Å²) < 4.78 is 0. The van der Waals surface area contributed by atoms with Crippen LogP contribution in [0.3, 0.4) is 0 Å². The van der Waals surface area contributed by atoms with Gasteiger partial charge in [0.15, 0.2) is 0 Å². The number of thiazole rings is 1. The van der Waals surface area contributed by atoms with Crippen molar-refractivity contribution < 1.29 is 0 Å². The molecule has 0 fully saturated rings. The first-order chi connectivity index (χ1) is 6.59. The van der Waals surface area contributed by atoms with Crippen LogP contribution < -0.4 is 5.32 Å². The molecule has 0 unspecified atom stereocenters. The molecule has 0 saturated carbocycles. The van der Waals surface area contributed by atoms with Gasteiger partial charge >= 0.3 is 0 Å². The smallest absolute Gasteiger partial charge is 0.0897 e. The molecule has 0 amide bonds. The monoisotopic (exact) mass is 252 g/mol. The van der Waals surface area contributed by atoms with E-state index in [1.807, 2.05) is 19.2 Å². The van der Waals surface area contributed by atoms with Crippen molar-refractivity contribution in [1.29, 1.82) is 0 Å². The zero-order valence-corrected chi connectivity index (χ0v) is 10.6. The number of aromatic nitrogens is 1. The minimum absolute atomic E-state index is 0.208. The van der Waals surface area contributed by atoms with Gasteiger partial charge in [-0.05, 0) is 13.8 Å². The normalized spacial score (nSPS) is 12.0. The molecule has 1 heterocycles. The van der Waals surface area contributed by atoms with Gasteiger partial charge < -0.3 is 5.32 Å². The molecule has 1 aromatic rings. The third-order valence-electron chi connectivity index (χ3n) is 1.95. The van der Waals surface area contributed by atoms with E-state index in [9.17, 15) is 0 Å². The number of hydrogen-bond acceptors (Lipinski definition) is 3. The van der Waals surface area contributed by atoms with Gasteiger partial charge in [-0.1, -0.05) is 0 Å². The highest BCUT2D eigenvalue weighted by atomic mass is 35.5. The maximum Gasteiger partial charge on any atom is 0.0897 e. The molecule has 0 aliphatic heterocycles. The Morgan fingerprint density at radius 2 is 2.14 bits per heavy atom. The van der Waals surface area contributed by atoms with Crippen LogP contribution in [0.15, 0.2) is 5.38 Å². The SMILES string of the molecule is Cc1nc(CNC(C)(CCl)CCl)cs1. The Hall–Kier alpha value is 0.170. The number of alkyl halides is 2. The number of hydrogen-bond donors (Lipinski definition) is 1. The van der Waals surface area contributed by atoms with Crippen molar-refractivity contribution >= 4 is 34.5 Å². The van der Waals surface area contributed by atoms with E-state index >= 15 is 0 Å². The third-order valence-corrected chi connectivity index (χ3v) is 3.95. The van der Waals surface area contributed by atoms with Crippen LogP contribution in [-0.4, -0.2) is 22.3 Å². The van der Waals surface area contributed by atoms with Gasteiger partial charge in [-0.2, -0.15) is 0 Å². The molecule has 14 heavy (non-hydrogen) atoms. The summed E-state index contributed by atoms with van der Waals surface area (Å²) in [5.74, 6) is 0.999. The lowest BCUT2D eigenvalue weighted by atomic mass is 10.1. The van der Waals surface area contributed by atoms with E-state index in [4.69, 9.17) is 23.2 Å². The van der Waals surface area contributed by atoms with Gasteiger partial charge in [0, 0.05) is 29.2 Å². The zero-order chi connectivity index (χ0) is 10.6. The fourth-order valence-electron chi connectivity index (χ4n) is 0.924. The molecule has 0 spiro atoms. The van der Waals surface area contributed by atoms with Crippen molar-refractivity contribution in [3.63, 3.8) is 0 Å². The maximum absolute atomic E-state index is 5.82. The van der Waals surface area contributed by atoms with Crippen LogP contribution in [0, 0.1) is 6.92 Å². The molecule has 2 nitrogen and oxygen atoms in total. The highest BCUT2D eigenvalue weighted by molar-refractivity contribution is 7.09. The van der Waals surface area contributed by atoms with E-state index in [1.54, 1.807) is 11.3 Å². The lowest BCUT2D eigenvalue weighted by Gasteiger charge is -2.25. The van der Waals surface area contributed by atoms with Crippen LogP contribution in [0.2, 0.25) is 0 Å². The number of halogens is 2. The Bertz CT molecular complexity index is 284. The average Bonchev–Trinajstić information content (AvgIpc) is 2.61. The van der Waals surface area contributed by atoms with Crippen molar-refractivity contribution in [2.75, 3.05) is 11.8 Å².